The van der Waals surface area contributed by atoms with Crippen LogP contribution in [0.4, 0.5) is 5.69 Å². The first-order valence-electron chi connectivity index (χ1n) is 9.31. The van der Waals surface area contributed by atoms with E-state index >= 15 is 0 Å². The fourth-order valence-corrected chi connectivity index (χ4v) is 4.20. The molecule has 0 aliphatic carbocycles. The van der Waals surface area contributed by atoms with Gasteiger partial charge in [0.2, 0.25) is 5.89 Å². The molecule has 0 spiro atoms. The van der Waals surface area contributed by atoms with Crippen molar-refractivity contribution >= 4 is 39.6 Å². The van der Waals surface area contributed by atoms with Gasteiger partial charge in [0.05, 0.1) is 22.9 Å². The van der Waals surface area contributed by atoms with Gasteiger partial charge in [-0.3, -0.25) is 14.9 Å². The van der Waals surface area contributed by atoms with Gasteiger partial charge in [0.1, 0.15) is 5.39 Å². The van der Waals surface area contributed by atoms with Gasteiger partial charge in [0, 0.05) is 19.3 Å². The summed E-state index contributed by atoms with van der Waals surface area (Å²) in [6.45, 7) is 1.31. The fraction of sp³-hybridized carbons (Fsp3) is 0.333. The number of rotatable bonds is 5. The Morgan fingerprint density at radius 2 is 2.13 bits per heavy atom. The Kier molecular flexibility index (Phi) is 4.71. The van der Waals surface area contributed by atoms with Gasteiger partial charge in [-0.15, -0.1) is 0 Å². The molecule has 30 heavy (non-hydrogen) atoms. The van der Waals surface area contributed by atoms with Crippen LogP contribution in [0.2, 0.25) is 0 Å². The molecule has 0 bridgehead atoms. The molecule has 1 fully saturated rings. The lowest BCUT2D eigenvalue weighted by Crippen LogP contribution is -2.21. The van der Waals surface area contributed by atoms with E-state index in [-0.39, 0.29) is 28.6 Å². The van der Waals surface area contributed by atoms with Crippen LogP contribution in [-0.4, -0.2) is 42.9 Å². The number of para-hydroxylation sites is 1. The number of thioether (sulfide) groups is 1. The topological polar surface area (TPSA) is 142 Å². The van der Waals surface area contributed by atoms with Crippen molar-refractivity contribution in [2.45, 2.75) is 29.8 Å². The molecule has 154 valence electrons. The zero-order valence-electron chi connectivity index (χ0n) is 15.6. The largest absolute Gasteiger partial charge is 0.439 e. The van der Waals surface area contributed by atoms with Crippen LogP contribution < -0.4 is 5.56 Å². The van der Waals surface area contributed by atoms with Crippen LogP contribution in [0.15, 0.2) is 38.8 Å². The normalized spacial score (nSPS) is 15.2. The van der Waals surface area contributed by atoms with Crippen molar-refractivity contribution in [1.29, 1.82) is 0 Å². The predicted octanol–water partition coefficient (Wildman–Crippen LogP) is 2.81. The Labute approximate surface area is 172 Å². The number of hydrogen-bond donors (Lipinski definition) is 1. The standard InChI is InChI=1S/C18H16N6O5S/c25-17-11-8-19-23(10-4-6-28-7-5-10)16(11)21-18(22-17)30-9-14-20-15-12(24(26)27)2-1-3-13(15)29-14/h1-3,8,10H,4-7,9H2,(H,21,22,25). The molecule has 0 unspecified atom stereocenters. The second kappa shape index (κ2) is 7.54. The molecule has 12 heteroatoms. The lowest BCUT2D eigenvalue weighted by atomic mass is 10.1. The molecule has 0 atom stereocenters. The number of aromatic nitrogens is 5. The molecule has 11 nitrogen and oxygen atoms in total. The molecule has 1 aliphatic rings. The average Bonchev–Trinajstić information content (AvgIpc) is 3.36. The second-order valence-electron chi connectivity index (χ2n) is 6.82. The molecule has 4 heterocycles. The van der Waals surface area contributed by atoms with E-state index < -0.39 is 4.92 Å². The number of ether oxygens (including phenoxy) is 1. The van der Waals surface area contributed by atoms with Gasteiger partial charge in [0.25, 0.3) is 11.2 Å². The van der Waals surface area contributed by atoms with Crippen molar-refractivity contribution in [3.63, 3.8) is 0 Å². The number of hydrogen-bond acceptors (Lipinski definition) is 9. The maximum absolute atomic E-state index is 12.5. The fourth-order valence-electron chi connectivity index (χ4n) is 3.50. The Morgan fingerprint density at radius 1 is 1.30 bits per heavy atom. The summed E-state index contributed by atoms with van der Waals surface area (Å²) < 4.78 is 12.8. The Balaban J connectivity index is 1.43. The maximum Gasteiger partial charge on any atom is 0.298 e. The van der Waals surface area contributed by atoms with Crippen molar-refractivity contribution in [1.82, 2.24) is 24.7 Å². The Hall–Kier alpha value is -3.25. The molecule has 0 saturated carbocycles. The number of nitro groups is 1. The van der Waals surface area contributed by atoms with Crippen molar-refractivity contribution in [2.24, 2.45) is 0 Å². The molecule has 1 N–H and O–H groups in total. The minimum Gasteiger partial charge on any atom is -0.439 e. The predicted molar refractivity (Wildman–Crippen MR) is 107 cm³/mol. The molecule has 4 aromatic rings. The summed E-state index contributed by atoms with van der Waals surface area (Å²) in [5, 5.41) is 16.4. The van der Waals surface area contributed by atoms with E-state index in [2.05, 4.69) is 20.1 Å². The number of nitrogens with one attached hydrogen (secondary N) is 1. The number of oxazole rings is 1. The number of H-pyrrole nitrogens is 1. The van der Waals surface area contributed by atoms with E-state index in [9.17, 15) is 14.9 Å². The lowest BCUT2D eigenvalue weighted by Gasteiger charge is -2.22. The van der Waals surface area contributed by atoms with Gasteiger partial charge in [-0.1, -0.05) is 17.8 Å². The number of nitro benzene ring substituents is 1. The quantitative estimate of drug-likeness (QED) is 0.220. The molecule has 3 aromatic heterocycles. The summed E-state index contributed by atoms with van der Waals surface area (Å²) in [6, 6.07) is 4.70. The summed E-state index contributed by atoms with van der Waals surface area (Å²) in [6.07, 6.45) is 3.16. The van der Waals surface area contributed by atoms with E-state index in [1.165, 1.54) is 24.0 Å². The highest BCUT2D eigenvalue weighted by molar-refractivity contribution is 7.98. The molecular weight excluding hydrogens is 412 g/mol. The van der Waals surface area contributed by atoms with Crippen molar-refractivity contribution in [3.05, 3.63) is 50.8 Å². The molecule has 1 aromatic carbocycles. The first kappa shape index (κ1) is 18.8. The van der Waals surface area contributed by atoms with E-state index in [4.69, 9.17) is 9.15 Å². The number of aromatic amines is 1. The Bertz CT molecular complexity index is 1310. The third-order valence-corrected chi connectivity index (χ3v) is 5.81. The van der Waals surface area contributed by atoms with Crippen molar-refractivity contribution in [2.75, 3.05) is 13.2 Å². The molecule has 0 amide bonds. The van der Waals surface area contributed by atoms with E-state index in [1.54, 1.807) is 16.8 Å². The SMILES string of the molecule is O=c1[nH]c(SCc2nc3c([N+](=O)[O-])cccc3o2)nc2c1cnn2C1CCOCC1. The van der Waals surface area contributed by atoms with Gasteiger partial charge < -0.3 is 14.1 Å². The zero-order chi connectivity index (χ0) is 20.7. The zero-order valence-corrected chi connectivity index (χ0v) is 16.4. The van der Waals surface area contributed by atoms with E-state index in [1.807, 2.05) is 0 Å². The van der Waals surface area contributed by atoms with Gasteiger partial charge in [-0.05, 0) is 18.9 Å². The minimum absolute atomic E-state index is 0.110. The summed E-state index contributed by atoms with van der Waals surface area (Å²) in [4.78, 5) is 34.7. The van der Waals surface area contributed by atoms with Crippen LogP contribution in [0.25, 0.3) is 22.1 Å². The van der Waals surface area contributed by atoms with Crippen LogP contribution in [0.1, 0.15) is 24.8 Å². The average molecular weight is 428 g/mol. The Morgan fingerprint density at radius 3 is 2.93 bits per heavy atom. The third kappa shape index (κ3) is 3.33. The molecule has 5 rings (SSSR count). The first-order valence-corrected chi connectivity index (χ1v) is 10.3. The highest BCUT2D eigenvalue weighted by atomic mass is 32.2. The monoisotopic (exact) mass is 428 g/mol. The number of fused-ring (bicyclic) bond motifs is 2. The van der Waals surface area contributed by atoms with Crippen LogP contribution >= 0.6 is 11.8 Å². The van der Waals surface area contributed by atoms with Crippen LogP contribution in [-0.2, 0) is 10.5 Å². The number of non-ortho nitro benzene ring substituents is 1. The molecule has 0 radical (unpaired) electrons. The minimum atomic E-state index is -0.494. The lowest BCUT2D eigenvalue weighted by molar-refractivity contribution is -0.383. The van der Waals surface area contributed by atoms with Gasteiger partial charge >= 0.3 is 0 Å². The van der Waals surface area contributed by atoms with Crippen LogP contribution in [0, 0.1) is 10.1 Å². The van der Waals surface area contributed by atoms with Gasteiger partial charge in [-0.25, -0.2) is 14.6 Å². The molecule has 1 aliphatic heterocycles. The molecular formula is C18H16N6O5S. The smallest absolute Gasteiger partial charge is 0.298 e. The number of benzene rings is 1. The first-order chi connectivity index (χ1) is 14.6. The van der Waals surface area contributed by atoms with Crippen molar-refractivity contribution in [3.8, 4) is 0 Å². The van der Waals surface area contributed by atoms with Gasteiger partial charge in [-0.2, -0.15) is 5.10 Å². The van der Waals surface area contributed by atoms with Crippen LogP contribution in [0.3, 0.4) is 0 Å². The second-order valence-corrected chi connectivity index (χ2v) is 7.78. The summed E-state index contributed by atoms with van der Waals surface area (Å²) in [5.74, 6) is 0.566. The highest BCUT2D eigenvalue weighted by Crippen LogP contribution is 2.29. The summed E-state index contributed by atoms with van der Waals surface area (Å²) >= 11 is 1.23. The highest BCUT2D eigenvalue weighted by Gasteiger charge is 2.21. The number of nitrogens with zero attached hydrogens (tertiary/aromatic N) is 5. The van der Waals surface area contributed by atoms with Crippen LogP contribution in [0.5, 0.6) is 0 Å². The molecule has 1 saturated heterocycles. The van der Waals surface area contributed by atoms with Gasteiger partial charge in [0.15, 0.2) is 21.9 Å². The van der Waals surface area contributed by atoms with E-state index in [0.29, 0.717) is 40.9 Å². The summed E-state index contributed by atoms with van der Waals surface area (Å²) in [7, 11) is 0. The summed E-state index contributed by atoms with van der Waals surface area (Å²) in [5.41, 5.74) is 0.693. The third-order valence-electron chi connectivity index (χ3n) is 4.95. The maximum atomic E-state index is 12.5. The van der Waals surface area contributed by atoms with Crippen molar-refractivity contribution < 1.29 is 14.1 Å². The van der Waals surface area contributed by atoms with E-state index in [0.717, 1.165) is 12.8 Å².